The molecule has 2 heterocycles. The van der Waals surface area contributed by atoms with Crippen LogP contribution in [0.25, 0.3) is 0 Å². The largest absolute Gasteiger partial charge is 0.471 e. The number of nitrogens with two attached hydrogens (primary N) is 1. The minimum Gasteiger partial charge on any atom is -0.399 e. The summed E-state index contributed by atoms with van der Waals surface area (Å²) in [5.74, 6) is -1.79. The van der Waals surface area contributed by atoms with Gasteiger partial charge in [0.25, 0.3) is 0 Å². The van der Waals surface area contributed by atoms with Crippen LogP contribution in [-0.2, 0) is 4.79 Å². The summed E-state index contributed by atoms with van der Waals surface area (Å²) in [4.78, 5) is 12.4. The SMILES string of the molecule is Nc1ccc2c(c1)C1CCC2CN(C(=O)C(F)(F)F)C1. The molecule has 2 atom stereocenters. The lowest BCUT2D eigenvalue weighted by Gasteiger charge is -2.26. The number of amides is 1. The van der Waals surface area contributed by atoms with Gasteiger partial charge < -0.3 is 10.6 Å². The predicted octanol–water partition coefficient (Wildman–Crippen LogP) is 2.63. The van der Waals surface area contributed by atoms with Crippen LogP contribution in [-0.4, -0.2) is 30.1 Å². The maximum absolute atomic E-state index is 12.6. The standard InChI is InChI=1S/C14H15F3N2O/c15-14(16,17)13(20)19-6-8-1-2-9(7-19)12-5-10(18)3-4-11(8)12/h3-5,8-9H,1-2,6-7,18H2. The first-order valence-corrected chi connectivity index (χ1v) is 6.61. The van der Waals surface area contributed by atoms with Gasteiger partial charge in [0.1, 0.15) is 0 Å². The van der Waals surface area contributed by atoms with Crippen molar-refractivity contribution < 1.29 is 18.0 Å². The van der Waals surface area contributed by atoms with Crippen molar-refractivity contribution in [3.63, 3.8) is 0 Å². The van der Waals surface area contributed by atoms with Gasteiger partial charge in [-0.2, -0.15) is 13.2 Å². The molecule has 0 spiro atoms. The Balaban J connectivity index is 1.95. The van der Waals surface area contributed by atoms with Gasteiger partial charge in [-0.25, -0.2) is 0 Å². The number of nitrogens with zero attached hydrogens (tertiary/aromatic N) is 1. The molecule has 0 aromatic heterocycles. The fourth-order valence-corrected chi connectivity index (χ4v) is 3.36. The molecular formula is C14H15F3N2O. The molecule has 2 N–H and O–H groups in total. The van der Waals surface area contributed by atoms with Gasteiger partial charge in [-0.05, 0) is 36.1 Å². The van der Waals surface area contributed by atoms with Crippen molar-refractivity contribution in [1.29, 1.82) is 0 Å². The number of benzene rings is 1. The summed E-state index contributed by atoms with van der Waals surface area (Å²) in [5, 5.41) is 0. The van der Waals surface area contributed by atoms with E-state index in [1.165, 1.54) is 0 Å². The van der Waals surface area contributed by atoms with Crippen LogP contribution in [0.2, 0.25) is 0 Å². The summed E-state index contributed by atoms with van der Waals surface area (Å²) >= 11 is 0. The lowest BCUT2D eigenvalue weighted by Crippen LogP contribution is -2.42. The highest BCUT2D eigenvalue weighted by Crippen LogP contribution is 2.44. The van der Waals surface area contributed by atoms with Gasteiger partial charge in [0.2, 0.25) is 0 Å². The van der Waals surface area contributed by atoms with Gasteiger partial charge in [-0.1, -0.05) is 6.07 Å². The highest BCUT2D eigenvalue weighted by molar-refractivity contribution is 5.82. The van der Waals surface area contributed by atoms with E-state index in [1.54, 1.807) is 6.07 Å². The van der Waals surface area contributed by atoms with Crippen LogP contribution in [0.5, 0.6) is 0 Å². The first kappa shape index (κ1) is 13.3. The van der Waals surface area contributed by atoms with Crippen molar-refractivity contribution in [2.24, 2.45) is 0 Å². The van der Waals surface area contributed by atoms with Crippen LogP contribution in [0.3, 0.4) is 0 Å². The highest BCUT2D eigenvalue weighted by atomic mass is 19.4. The zero-order valence-corrected chi connectivity index (χ0v) is 10.8. The Hall–Kier alpha value is -1.72. The molecule has 6 heteroatoms. The van der Waals surface area contributed by atoms with E-state index in [2.05, 4.69) is 0 Å². The van der Waals surface area contributed by atoms with Crippen LogP contribution >= 0.6 is 0 Å². The van der Waals surface area contributed by atoms with Crippen LogP contribution in [0.4, 0.5) is 18.9 Å². The molecule has 4 rings (SSSR count). The molecule has 1 fully saturated rings. The monoisotopic (exact) mass is 284 g/mol. The molecule has 20 heavy (non-hydrogen) atoms. The molecule has 3 aliphatic rings. The fourth-order valence-electron chi connectivity index (χ4n) is 3.36. The van der Waals surface area contributed by atoms with E-state index in [4.69, 9.17) is 5.73 Å². The third-order valence-corrected chi connectivity index (χ3v) is 4.27. The molecule has 1 aliphatic carbocycles. The topological polar surface area (TPSA) is 46.3 Å². The molecule has 2 aliphatic heterocycles. The third-order valence-electron chi connectivity index (χ3n) is 4.27. The Bertz CT molecular complexity index is 556. The van der Waals surface area contributed by atoms with E-state index in [-0.39, 0.29) is 24.9 Å². The summed E-state index contributed by atoms with van der Waals surface area (Å²) < 4.78 is 37.9. The Morgan fingerprint density at radius 2 is 1.75 bits per heavy atom. The van der Waals surface area contributed by atoms with Gasteiger partial charge >= 0.3 is 12.1 Å². The van der Waals surface area contributed by atoms with E-state index in [0.29, 0.717) is 5.69 Å². The maximum atomic E-state index is 12.6. The molecule has 1 saturated heterocycles. The summed E-state index contributed by atoms with van der Waals surface area (Å²) in [6, 6.07) is 5.51. The second kappa shape index (κ2) is 4.40. The number of hydrogen-bond donors (Lipinski definition) is 1. The minimum atomic E-state index is -4.80. The minimum absolute atomic E-state index is 0.0179. The summed E-state index contributed by atoms with van der Waals surface area (Å²) in [6.45, 7) is 0.275. The number of hydrogen-bond acceptors (Lipinski definition) is 2. The molecule has 1 aromatic carbocycles. The van der Waals surface area contributed by atoms with Crippen LogP contribution in [0, 0.1) is 0 Å². The molecule has 3 nitrogen and oxygen atoms in total. The third kappa shape index (κ3) is 2.13. The van der Waals surface area contributed by atoms with Crippen LogP contribution in [0.15, 0.2) is 18.2 Å². The van der Waals surface area contributed by atoms with Crippen molar-refractivity contribution >= 4 is 11.6 Å². The number of carbonyl (C=O) groups excluding carboxylic acids is 1. The average Bonchev–Trinajstić information content (AvgIpc) is 2.67. The van der Waals surface area contributed by atoms with Crippen molar-refractivity contribution in [3.8, 4) is 0 Å². The molecule has 1 amide bonds. The molecule has 108 valence electrons. The quantitative estimate of drug-likeness (QED) is 0.744. The first-order chi connectivity index (χ1) is 9.36. The smallest absolute Gasteiger partial charge is 0.399 e. The number of rotatable bonds is 0. The maximum Gasteiger partial charge on any atom is 0.471 e. The van der Waals surface area contributed by atoms with E-state index in [9.17, 15) is 18.0 Å². The first-order valence-electron chi connectivity index (χ1n) is 6.61. The Morgan fingerprint density at radius 3 is 2.35 bits per heavy atom. The van der Waals surface area contributed by atoms with Gasteiger partial charge in [0.15, 0.2) is 0 Å². The second-order valence-electron chi connectivity index (χ2n) is 5.57. The average molecular weight is 284 g/mol. The van der Waals surface area contributed by atoms with Gasteiger partial charge in [0, 0.05) is 30.6 Å². The molecule has 2 bridgehead atoms. The Labute approximate surface area is 114 Å². The lowest BCUT2D eigenvalue weighted by molar-refractivity contribution is -0.185. The van der Waals surface area contributed by atoms with Crippen LogP contribution in [0.1, 0.15) is 35.8 Å². The fraction of sp³-hybridized carbons (Fsp3) is 0.500. The van der Waals surface area contributed by atoms with E-state index < -0.39 is 12.1 Å². The molecule has 1 aromatic rings. The van der Waals surface area contributed by atoms with E-state index in [0.717, 1.165) is 28.9 Å². The van der Waals surface area contributed by atoms with E-state index >= 15 is 0 Å². The van der Waals surface area contributed by atoms with Gasteiger partial charge in [-0.15, -0.1) is 0 Å². The number of anilines is 1. The van der Waals surface area contributed by atoms with Crippen molar-refractivity contribution in [2.75, 3.05) is 18.8 Å². The molecular weight excluding hydrogens is 269 g/mol. The predicted molar refractivity (Wildman–Crippen MR) is 68.2 cm³/mol. The normalized spacial score (nSPS) is 25.2. The zero-order valence-electron chi connectivity index (χ0n) is 10.8. The summed E-state index contributed by atoms with van der Waals surface area (Å²) in [5.41, 5.74) is 8.45. The van der Waals surface area contributed by atoms with Crippen molar-refractivity contribution in [1.82, 2.24) is 4.90 Å². The number of carbonyl (C=O) groups is 1. The zero-order chi connectivity index (χ0) is 14.5. The number of fused-ring (bicyclic) bond motifs is 3. The van der Waals surface area contributed by atoms with Crippen molar-refractivity contribution in [2.45, 2.75) is 30.9 Å². The van der Waals surface area contributed by atoms with Gasteiger partial charge in [0.05, 0.1) is 0 Å². The van der Waals surface area contributed by atoms with Gasteiger partial charge in [-0.3, -0.25) is 4.79 Å². The molecule has 2 unspecified atom stereocenters. The molecule has 0 radical (unpaired) electrons. The number of halogens is 3. The van der Waals surface area contributed by atoms with E-state index in [1.807, 2.05) is 12.1 Å². The lowest BCUT2D eigenvalue weighted by atomic mass is 9.78. The summed E-state index contributed by atoms with van der Waals surface area (Å²) in [6.07, 6.45) is -3.17. The second-order valence-corrected chi connectivity index (χ2v) is 5.57. The number of alkyl halides is 3. The van der Waals surface area contributed by atoms with Crippen LogP contribution < -0.4 is 5.73 Å². The highest BCUT2D eigenvalue weighted by Gasteiger charge is 2.46. The van der Waals surface area contributed by atoms with Crippen molar-refractivity contribution in [3.05, 3.63) is 29.3 Å². The Kier molecular flexibility index (Phi) is 2.92. The Morgan fingerprint density at radius 1 is 1.15 bits per heavy atom. The molecule has 0 saturated carbocycles. The summed E-state index contributed by atoms with van der Waals surface area (Å²) in [7, 11) is 0. The number of nitrogen functional groups attached to an aromatic ring is 1.